The number of rotatable bonds is 7. The van der Waals surface area contributed by atoms with Crippen molar-refractivity contribution in [2.45, 2.75) is 27.7 Å². The Morgan fingerprint density at radius 2 is 1.81 bits per heavy atom. The summed E-state index contributed by atoms with van der Waals surface area (Å²) in [6.07, 6.45) is 0. The molecule has 0 aliphatic carbocycles. The number of nitrogens with zero attached hydrogens (tertiary/aromatic N) is 1. The summed E-state index contributed by atoms with van der Waals surface area (Å²) < 4.78 is 36.3. The molecule has 21 heavy (non-hydrogen) atoms. The van der Waals surface area contributed by atoms with E-state index >= 15 is 0 Å². The quantitative estimate of drug-likeness (QED) is 0.619. The van der Waals surface area contributed by atoms with Gasteiger partial charge in [0.25, 0.3) is 0 Å². The van der Waals surface area contributed by atoms with Crippen molar-refractivity contribution < 1.29 is 15.0 Å². The fraction of sp³-hybridized carbons (Fsp3) is 0.562. The van der Waals surface area contributed by atoms with Crippen LogP contribution in [0.3, 0.4) is 0 Å². The first-order valence-corrected chi connectivity index (χ1v) is 6.81. The molecule has 0 saturated carbocycles. The minimum absolute atomic E-state index is 0. The molecule has 0 atom stereocenters. The van der Waals surface area contributed by atoms with Crippen molar-refractivity contribution in [1.82, 2.24) is 4.90 Å². The van der Waals surface area contributed by atoms with E-state index in [1.54, 1.807) is 0 Å². The van der Waals surface area contributed by atoms with Crippen LogP contribution >= 0.6 is 12.4 Å². The molecule has 0 fully saturated rings. The minimum Gasteiger partial charge on any atom is -0.461 e. The maximum Gasteiger partial charge on any atom is 0.338 e. The van der Waals surface area contributed by atoms with Crippen LogP contribution in [0.15, 0.2) is 24.2 Å². The number of esters is 1. The predicted molar refractivity (Wildman–Crippen MR) is 90.0 cm³/mol. The van der Waals surface area contributed by atoms with Gasteiger partial charge < -0.3 is 15.4 Å². The van der Waals surface area contributed by atoms with Crippen molar-refractivity contribution in [3.63, 3.8) is 0 Å². The van der Waals surface area contributed by atoms with E-state index in [4.69, 9.17) is 16.0 Å². The molecule has 1 aromatic carbocycles. The van der Waals surface area contributed by atoms with E-state index in [1.807, 2.05) is 13.8 Å². The average molecular weight is 319 g/mol. The van der Waals surface area contributed by atoms with Crippen LogP contribution in [0, 0.1) is 5.41 Å². The Bertz CT molecular complexity index is 594. The van der Waals surface area contributed by atoms with Crippen LogP contribution in [0.2, 0.25) is 0 Å². The number of benzene rings is 1. The monoisotopic (exact) mass is 318 g/mol. The molecule has 0 unspecified atom stereocenters. The van der Waals surface area contributed by atoms with Gasteiger partial charge in [0.05, 0.1) is 17.7 Å². The molecule has 0 saturated heterocycles. The van der Waals surface area contributed by atoms with Crippen LogP contribution in [-0.2, 0) is 4.74 Å². The summed E-state index contributed by atoms with van der Waals surface area (Å²) in [5, 5.41) is 0. The fourth-order valence-electron chi connectivity index (χ4n) is 1.86. The molecule has 0 spiro atoms. The number of hydrogen-bond donors (Lipinski definition) is 1. The Morgan fingerprint density at radius 1 is 1.29 bits per heavy atom. The van der Waals surface area contributed by atoms with E-state index in [2.05, 4.69) is 18.7 Å². The lowest BCUT2D eigenvalue weighted by Gasteiger charge is -2.30. The Hall–Kier alpha value is -1.26. The molecule has 0 radical (unpaired) electrons. The second-order valence-corrected chi connectivity index (χ2v) is 5.49. The summed E-state index contributed by atoms with van der Waals surface area (Å²) in [5.74, 6) is -0.861. The third-order valence-corrected chi connectivity index (χ3v) is 2.99. The predicted octanol–water partition coefficient (Wildman–Crippen LogP) is 3.22. The average Bonchev–Trinajstić information content (AvgIpc) is 2.54. The lowest BCUT2D eigenvalue weighted by atomic mass is 9.94. The zero-order valence-electron chi connectivity index (χ0n) is 17.1. The molecular weight excluding hydrogens is 288 g/mol. The number of ether oxygens (including phenoxy) is 1. The third-order valence-electron chi connectivity index (χ3n) is 2.99. The topological polar surface area (TPSA) is 55.6 Å². The SMILES string of the molecule is Cl.[2H]c1c([2H])c(C(=O)OCC(C)(C)CN(CC)CC)c([2H])c([2H])c1N. The summed E-state index contributed by atoms with van der Waals surface area (Å²) in [5.41, 5.74) is 4.56. The van der Waals surface area contributed by atoms with Gasteiger partial charge >= 0.3 is 5.97 Å². The molecule has 0 bridgehead atoms. The molecule has 0 aliphatic rings. The van der Waals surface area contributed by atoms with Crippen LogP contribution in [0.25, 0.3) is 0 Å². The van der Waals surface area contributed by atoms with E-state index < -0.39 is 30.1 Å². The number of anilines is 1. The molecule has 120 valence electrons. The van der Waals surface area contributed by atoms with Crippen molar-refractivity contribution >= 4 is 24.1 Å². The highest BCUT2D eigenvalue weighted by Gasteiger charge is 2.23. The summed E-state index contributed by atoms with van der Waals surface area (Å²) in [6, 6.07) is -1.80. The first-order valence-electron chi connectivity index (χ1n) is 8.81. The molecule has 2 N–H and O–H groups in total. The van der Waals surface area contributed by atoms with Crippen LogP contribution in [-0.4, -0.2) is 37.1 Å². The van der Waals surface area contributed by atoms with Gasteiger partial charge in [0.2, 0.25) is 0 Å². The van der Waals surface area contributed by atoms with Crippen LogP contribution in [0.1, 0.15) is 43.5 Å². The standard InChI is InChI=1S/C16H26N2O2.ClH/c1-5-18(6-2)11-16(3,4)12-20-15(19)13-7-9-14(17)10-8-13;/h7-10H,5-6,11-12,17H2,1-4H3;1H/i7D,8D,9D,10D;. The number of carbonyl (C=O) groups is 1. The number of nitrogens with two attached hydrogens (primary N) is 1. The summed E-state index contributed by atoms with van der Waals surface area (Å²) >= 11 is 0. The van der Waals surface area contributed by atoms with Crippen LogP contribution < -0.4 is 5.73 Å². The Kier molecular flexibility index (Phi) is 5.68. The molecule has 1 rings (SSSR count). The van der Waals surface area contributed by atoms with Gasteiger partial charge in [-0.15, -0.1) is 12.4 Å². The van der Waals surface area contributed by atoms with Gasteiger partial charge in [-0.1, -0.05) is 27.7 Å². The largest absolute Gasteiger partial charge is 0.461 e. The molecule has 0 aliphatic heterocycles. The number of hydrogen-bond acceptors (Lipinski definition) is 4. The van der Waals surface area contributed by atoms with E-state index in [1.165, 1.54) is 0 Å². The van der Waals surface area contributed by atoms with Crippen LogP contribution in [0.5, 0.6) is 0 Å². The Balaban J connectivity index is 0.00000576. The Morgan fingerprint density at radius 3 is 2.29 bits per heavy atom. The van der Waals surface area contributed by atoms with Crippen LogP contribution in [0.4, 0.5) is 5.69 Å². The Labute approximate surface area is 139 Å². The zero-order chi connectivity index (χ0) is 18.7. The van der Waals surface area contributed by atoms with Gasteiger partial charge in [0, 0.05) is 17.6 Å². The fourth-order valence-corrected chi connectivity index (χ4v) is 1.86. The second kappa shape index (κ2) is 8.90. The summed E-state index contributed by atoms with van der Waals surface area (Å²) in [6.45, 7) is 10.7. The normalized spacial score (nSPS) is 13.8. The van der Waals surface area contributed by atoms with Crippen molar-refractivity contribution in [2.24, 2.45) is 5.41 Å². The van der Waals surface area contributed by atoms with Gasteiger partial charge in [0.15, 0.2) is 0 Å². The maximum absolute atomic E-state index is 12.3. The number of halogens is 1. The molecule has 0 aromatic heterocycles. The smallest absolute Gasteiger partial charge is 0.338 e. The van der Waals surface area contributed by atoms with E-state index in [0.717, 1.165) is 19.6 Å². The number of nitrogen functional groups attached to an aromatic ring is 1. The molecule has 0 heterocycles. The lowest BCUT2D eigenvalue weighted by Crippen LogP contribution is -2.37. The molecule has 0 amide bonds. The minimum atomic E-state index is -0.861. The highest BCUT2D eigenvalue weighted by molar-refractivity contribution is 5.89. The summed E-state index contributed by atoms with van der Waals surface area (Å²) in [7, 11) is 0. The van der Waals surface area contributed by atoms with Gasteiger partial charge in [-0.2, -0.15) is 0 Å². The summed E-state index contributed by atoms with van der Waals surface area (Å²) in [4.78, 5) is 14.5. The van der Waals surface area contributed by atoms with Crippen molar-refractivity contribution in [1.29, 1.82) is 0 Å². The van der Waals surface area contributed by atoms with E-state index in [0.29, 0.717) is 0 Å². The maximum atomic E-state index is 12.3. The highest BCUT2D eigenvalue weighted by Crippen LogP contribution is 2.18. The van der Waals surface area contributed by atoms with E-state index in [9.17, 15) is 4.79 Å². The van der Waals surface area contributed by atoms with E-state index in [-0.39, 0.29) is 35.7 Å². The lowest BCUT2D eigenvalue weighted by molar-refractivity contribution is 0.0274. The third kappa shape index (κ3) is 6.82. The number of carbonyl (C=O) groups excluding carboxylic acids is 1. The zero-order valence-corrected chi connectivity index (χ0v) is 13.9. The molecular formula is C16H27ClN2O2. The van der Waals surface area contributed by atoms with Crippen molar-refractivity contribution in [2.75, 3.05) is 32.0 Å². The van der Waals surface area contributed by atoms with Gasteiger partial charge in [-0.3, -0.25) is 0 Å². The van der Waals surface area contributed by atoms with Crippen molar-refractivity contribution in [3.05, 3.63) is 29.7 Å². The van der Waals surface area contributed by atoms with Gasteiger partial charge in [-0.05, 0) is 37.3 Å². The highest BCUT2D eigenvalue weighted by atomic mass is 35.5. The van der Waals surface area contributed by atoms with Crippen molar-refractivity contribution in [3.8, 4) is 0 Å². The first kappa shape index (κ1) is 13.4. The molecule has 4 nitrogen and oxygen atoms in total. The first-order chi connectivity index (χ1) is 11.1. The molecule has 1 aromatic rings. The second-order valence-electron chi connectivity index (χ2n) is 5.49. The van der Waals surface area contributed by atoms with Gasteiger partial charge in [0.1, 0.15) is 0 Å². The van der Waals surface area contributed by atoms with Gasteiger partial charge in [-0.25, -0.2) is 4.79 Å². The molecule has 5 heteroatoms.